The average Bonchev–Trinajstić information content (AvgIpc) is 2.98. The molecule has 9 nitrogen and oxygen atoms in total. The number of rotatable bonds is 7. The van der Waals surface area contributed by atoms with Crippen molar-refractivity contribution in [1.82, 2.24) is 10.1 Å². The van der Waals surface area contributed by atoms with Gasteiger partial charge < -0.3 is 14.7 Å². The summed E-state index contributed by atoms with van der Waals surface area (Å²) >= 11 is 0. The quantitative estimate of drug-likeness (QED) is 0.588. The van der Waals surface area contributed by atoms with Crippen LogP contribution in [0, 0.1) is 29.9 Å². The van der Waals surface area contributed by atoms with Gasteiger partial charge in [0.15, 0.2) is 5.82 Å². The Bertz CT molecular complexity index is 859. The lowest BCUT2D eigenvalue weighted by Gasteiger charge is -2.24. The molecule has 2 amide bonds. The normalized spacial score (nSPS) is 10.7. The molecule has 27 heavy (non-hydrogen) atoms. The Balaban J connectivity index is 2.19. The van der Waals surface area contributed by atoms with Crippen LogP contribution in [0.3, 0.4) is 0 Å². The molecule has 1 aromatic heterocycles. The van der Waals surface area contributed by atoms with Gasteiger partial charge in [0.2, 0.25) is 5.91 Å². The van der Waals surface area contributed by atoms with Gasteiger partial charge in [-0.15, -0.1) is 0 Å². The zero-order chi connectivity index (χ0) is 20.1. The Hall–Kier alpha value is -3.23. The van der Waals surface area contributed by atoms with Crippen molar-refractivity contribution in [3.8, 4) is 0 Å². The Morgan fingerprint density at radius 1 is 1.30 bits per heavy atom. The molecule has 0 aliphatic carbocycles. The fourth-order valence-electron chi connectivity index (χ4n) is 2.56. The number of carbonyl (C=O) groups excluding carboxylic acids is 2. The number of nitro benzene ring substituents is 1. The van der Waals surface area contributed by atoms with Crippen LogP contribution < -0.4 is 5.32 Å². The second-order valence-electron chi connectivity index (χ2n) is 6.71. The Morgan fingerprint density at radius 2 is 2.00 bits per heavy atom. The zero-order valence-electron chi connectivity index (χ0n) is 15.7. The molecule has 1 N–H and O–H groups in total. The topological polar surface area (TPSA) is 119 Å². The SMILES string of the molecule is Cc1cc(NC(=O)CN(CC(C)C)C(=O)c2ccc(C)c([N+](=O)[O-])c2)no1. The van der Waals surface area contributed by atoms with Crippen molar-refractivity contribution in [2.24, 2.45) is 5.92 Å². The number of carbonyl (C=O) groups is 2. The minimum absolute atomic E-state index is 0.108. The third-order valence-corrected chi connectivity index (χ3v) is 3.76. The van der Waals surface area contributed by atoms with E-state index in [0.717, 1.165) is 0 Å². The van der Waals surface area contributed by atoms with Gasteiger partial charge in [0.1, 0.15) is 12.3 Å². The van der Waals surface area contributed by atoms with Crippen LogP contribution in [-0.2, 0) is 4.79 Å². The average molecular weight is 374 g/mol. The van der Waals surface area contributed by atoms with E-state index >= 15 is 0 Å². The van der Waals surface area contributed by atoms with Crippen LogP contribution in [0.2, 0.25) is 0 Å². The van der Waals surface area contributed by atoms with Gasteiger partial charge in [0.05, 0.1) is 4.92 Å². The highest BCUT2D eigenvalue weighted by Gasteiger charge is 2.23. The molecule has 0 atom stereocenters. The van der Waals surface area contributed by atoms with Crippen molar-refractivity contribution in [2.45, 2.75) is 27.7 Å². The van der Waals surface area contributed by atoms with E-state index in [9.17, 15) is 19.7 Å². The molecule has 2 rings (SSSR count). The number of nitro groups is 1. The van der Waals surface area contributed by atoms with Crippen LogP contribution >= 0.6 is 0 Å². The molecular weight excluding hydrogens is 352 g/mol. The number of anilines is 1. The van der Waals surface area contributed by atoms with Crippen LogP contribution in [0.5, 0.6) is 0 Å². The van der Waals surface area contributed by atoms with E-state index in [1.165, 1.54) is 23.1 Å². The van der Waals surface area contributed by atoms with Crippen molar-refractivity contribution in [1.29, 1.82) is 0 Å². The summed E-state index contributed by atoms with van der Waals surface area (Å²) in [6.07, 6.45) is 0. The summed E-state index contributed by atoms with van der Waals surface area (Å²) in [6, 6.07) is 5.85. The lowest BCUT2D eigenvalue weighted by atomic mass is 10.1. The molecule has 1 aromatic carbocycles. The summed E-state index contributed by atoms with van der Waals surface area (Å²) in [5.41, 5.74) is 0.497. The molecule has 0 spiro atoms. The van der Waals surface area contributed by atoms with Gasteiger partial charge in [0, 0.05) is 29.8 Å². The van der Waals surface area contributed by atoms with Crippen molar-refractivity contribution in [3.05, 3.63) is 51.3 Å². The van der Waals surface area contributed by atoms with Crippen molar-refractivity contribution in [2.75, 3.05) is 18.4 Å². The minimum atomic E-state index is -0.529. The molecule has 144 valence electrons. The monoisotopic (exact) mass is 374 g/mol. The van der Waals surface area contributed by atoms with E-state index in [2.05, 4.69) is 10.5 Å². The number of nitrogens with one attached hydrogen (secondary N) is 1. The van der Waals surface area contributed by atoms with Crippen LogP contribution in [0.1, 0.15) is 35.5 Å². The van der Waals surface area contributed by atoms with E-state index in [1.54, 1.807) is 19.9 Å². The van der Waals surface area contributed by atoms with Crippen molar-refractivity contribution >= 4 is 23.3 Å². The van der Waals surface area contributed by atoms with Crippen molar-refractivity contribution < 1.29 is 19.0 Å². The lowest BCUT2D eigenvalue weighted by Crippen LogP contribution is -2.40. The first-order chi connectivity index (χ1) is 12.7. The van der Waals surface area contributed by atoms with Gasteiger partial charge in [-0.25, -0.2) is 0 Å². The molecular formula is C18H22N4O5. The van der Waals surface area contributed by atoms with Gasteiger partial charge in [-0.1, -0.05) is 25.1 Å². The number of hydrogen-bond acceptors (Lipinski definition) is 6. The summed E-state index contributed by atoms with van der Waals surface area (Å²) in [4.78, 5) is 37.1. The lowest BCUT2D eigenvalue weighted by molar-refractivity contribution is -0.385. The fraction of sp³-hybridized carbons (Fsp3) is 0.389. The fourth-order valence-corrected chi connectivity index (χ4v) is 2.56. The van der Waals surface area contributed by atoms with Crippen LogP contribution in [0.15, 0.2) is 28.8 Å². The first-order valence-electron chi connectivity index (χ1n) is 8.45. The number of benzene rings is 1. The largest absolute Gasteiger partial charge is 0.360 e. The second kappa shape index (κ2) is 8.43. The Morgan fingerprint density at radius 3 is 2.56 bits per heavy atom. The molecule has 9 heteroatoms. The first-order valence-corrected chi connectivity index (χ1v) is 8.45. The molecule has 0 fully saturated rings. The zero-order valence-corrected chi connectivity index (χ0v) is 15.7. The predicted octanol–water partition coefficient (Wildman–Crippen LogP) is 2.94. The van der Waals surface area contributed by atoms with Gasteiger partial charge in [-0.3, -0.25) is 19.7 Å². The number of hydrogen-bond donors (Lipinski definition) is 1. The van der Waals surface area contributed by atoms with Crippen LogP contribution in [-0.4, -0.2) is 39.9 Å². The summed E-state index contributed by atoms with van der Waals surface area (Å²) in [7, 11) is 0. The van der Waals surface area contributed by atoms with Crippen LogP contribution in [0.4, 0.5) is 11.5 Å². The molecule has 0 saturated carbocycles. The number of aryl methyl sites for hydroxylation is 2. The van der Waals surface area contributed by atoms with Gasteiger partial charge >= 0.3 is 0 Å². The number of nitrogens with zero attached hydrogens (tertiary/aromatic N) is 3. The molecule has 0 unspecified atom stereocenters. The molecule has 0 aliphatic heterocycles. The standard InChI is InChI=1S/C18H22N4O5/c1-11(2)9-21(10-17(23)19-16-7-13(4)27-20-16)18(24)14-6-5-12(3)15(8-14)22(25)26/h5-8,11H,9-10H2,1-4H3,(H,19,20,23). The summed E-state index contributed by atoms with van der Waals surface area (Å²) in [6.45, 7) is 7.25. The number of aromatic nitrogens is 1. The summed E-state index contributed by atoms with van der Waals surface area (Å²) in [5, 5.41) is 17.4. The van der Waals surface area contributed by atoms with E-state index in [0.29, 0.717) is 17.9 Å². The highest BCUT2D eigenvalue weighted by atomic mass is 16.6. The van der Waals surface area contributed by atoms with Gasteiger partial charge in [0.25, 0.3) is 11.6 Å². The maximum atomic E-state index is 12.8. The highest BCUT2D eigenvalue weighted by Crippen LogP contribution is 2.20. The maximum Gasteiger partial charge on any atom is 0.273 e. The third-order valence-electron chi connectivity index (χ3n) is 3.76. The predicted molar refractivity (Wildman–Crippen MR) is 98.4 cm³/mol. The van der Waals surface area contributed by atoms with E-state index < -0.39 is 16.7 Å². The van der Waals surface area contributed by atoms with Gasteiger partial charge in [-0.05, 0) is 25.8 Å². The second-order valence-corrected chi connectivity index (χ2v) is 6.71. The smallest absolute Gasteiger partial charge is 0.273 e. The van der Waals surface area contributed by atoms with Crippen LogP contribution in [0.25, 0.3) is 0 Å². The first kappa shape index (κ1) is 20.1. The molecule has 2 aromatic rings. The molecule has 0 aliphatic rings. The van der Waals surface area contributed by atoms with Crippen molar-refractivity contribution in [3.63, 3.8) is 0 Å². The summed E-state index contributed by atoms with van der Waals surface area (Å²) < 4.78 is 4.89. The highest BCUT2D eigenvalue weighted by molar-refractivity contribution is 5.99. The third kappa shape index (κ3) is 5.37. The Kier molecular flexibility index (Phi) is 6.27. The molecule has 0 radical (unpaired) electrons. The van der Waals surface area contributed by atoms with E-state index in [1.807, 2.05) is 13.8 Å². The molecule has 1 heterocycles. The molecule has 0 bridgehead atoms. The minimum Gasteiger partial charge on any atom is -0.360 e. The Labute approximate surface area is 156 Å². The molecule has 0 saturated heterocycles. The maximum absolute atomic E-state index is 12.8. The van der Waals surface area contributed by atoms with Gasteiger partial charge in [-0.2, -0.15) is 0 Å². The van der Waals surface area contributed by atoms with E-state index in [4.69, 9.17) is 4.52 Å². The summed E-state index contributed by atoms with van der Waals surface area (Å²) in [5.74, 6) is 0.0430. The van der Waals surface area contributed by atoms with E-state index in [-0.39, 0.29) is 29.5 Å². The number of amides is 2.